The molecule has 4 heteroatoms. The van der Waals surface area contributed by atoms with Gasteiger partial charge < -0.3 is 4.74 Å². The van der Waals surface area contributed by atoms with Crippen LogP contribution in [0.5, 0.6) is 0 Å². The Morgan fingerprint density at radius 3 is 2.53 bits per heavy atom. The third-order valence-electron chi connectivity index (χ3n) is 2.86. The molecular formula is C15H18BrNOS. The van der Waals surface area contributed by atoms with Gasteiger partial charge in [0.1, 0.15) is 11.1 Å². The number of rotatable bonds is 5. The van der Waals surface area contributed by atoms with E-state index in [4.69, 9.17) is 9.72 Å². The fourth-order valence-electron chi connectivity index (χ4n) is 1.90. The minimum Gasteiger partial charge on any atom is -0.371 e. The zero-order valence-corrected chi connectivity index (χ0v) is 13.8. The van der Waals surface area contributed by atoms with Crippen molar-refractivity contribution >= 4 is 27.3 Å². The lowest BCUT2D eigenvalue weighted by molar-refractivity contribution is 0.0293. The van der Waals surface area contributed by atoms with Gasteiger partial charge in [0.2, 0.25) is 0 Å². The van der Waals surface area contributed by atoms with Crippen LogP contribution < -0.4 is 0 Å². The summed E-state index contributed by atoms with van der Waals surface area (Å²) in [6, 6.07) is 8.23. The average molecular weight is 340 g/mol. The van der Waals surface area contributed by atoms with Crippen molar-refractivity contribution in [2.45, 2.75) is 26.9 Å². The first kappa shape index (κ1) is 14.7. The number of halogens is 1. The van der Waals surface area contributed by atoms with E-state index in [0.29, 0.717) is 5.92 Å². The maximum Gasteiger partial charge on any atom is 0.122 e. The van der Waals surface area contributed by atoms with E-state index < -0.39 is 0 Å². The minimum absolute atomic E-state index is 0.0965. The second kappa shape index (κ2) is 6.64. The minimum atomic E-state index is 0.0965. The number of ether oxygens (including phenoxy) is 1. The molecule has 2 aromatic rings. The zero-order valence-electron chi connectivity index (χ0n) is 11.4. The molecule has 2 nitrogen and oxygen atoms in total. The van der Waals surface area contributed by atoms with Crippen LogP contribution in [0, 0.1) is 5.92 Å². The molecule has 0 radical (unpaired) electrons. The molecule has 2 rings (SSSR count). The Kier molecular flexibility index (Phi) is 5.13. The molecule has 0 saturated carbocycles. The van der Waals surface area contributed by atoms with Gasteiger partial charge in [-0.1, -0.05) is 41.9 Å². The van der Waals surface area contributed by atoms with Crippen molar-refractivity contribution in [1.29, 1.82) is 0 Å². The molecule has 0 spiro atoms. The fourth-order valence-corrected chi connectivity index (χ4v) is 3.21. The summed E-state index contributed by atoms with van der Waals surface area (Å²) >= 11 is 5.13. The number of benzene rings is 1. The van der Waals surface area contributed by atoms with E-state index in [1.807, 2.05) is 19.1 Å². The van der Waals surface area contributed by atoms with Gasteiger partial charge in [0.15, 0.2) is 0 Å². The van der Waals surface area contributed by atoms with Gasteiger partial charge in [-0.3, -0.25) is 0 Å². The van der Waals surface area contributed by atoms with Gasteiger partial charge in [-0.2, -0.15) is 0 Å². The Hall–Kier alpha value is -0.710. The Bertz CT molecular complexity index is 521. The Morgan fingerprint density at radius 1 is 1.26 bits per heavy atom. The number of hydrogen-bond acceptors (Lipinski definition) is 3. The third-order valence-corrected chi connectivity index (χ3v) is 4.29. The lowest BCUT2D eigenvalue weighted by Gasteiger charge is -2.18. The second-order valence-corrected chi connectivity index (χ2v) is 6.50. The molecule has 0 aliphatic carbocycles. The molecule has 0 saturated heterocycles. The van der Waals surface area contributed by atoms with Crippen molar-refractivity contribution in [3.8, 4) is 11.3 Å². The molecule has 102 valence electrons. The summed E-state index contributed by atoms with van der Waals surface area (Å²) in [4.78, 5) is 4.73. The van der Waals surface area contributed by atoms with Crippen LogP contribution in [0.2, 0.25) is 0 Å². The standard InChI is InChI=1S/C15H18BrNOS/c1-4-18-14(10(2)3)15-17-13(9-19-15)11-5-7-12(16)8-6-11/h5-10,14H,4H2,1-3H3. The summed E-state index contributed by atoms with van der Waals surface area (Å²) < 4.78 is 6.88. The highest BCUT2D eigenvalue weighted by atomic mass is 79.9. The van der Waals surface area contributed by atoms with Crippen LogP contribution in [0.4, 0.5) is 0 Å². The maximum absolute atomic E-state index is 5.80. The summed E-state index contributed by atoms with van der Waals surface area (Å²) in [5, 5.41) is 3.17. The summed E-state index contributed by atoms with van der Waals surface area (Å²) in [6.07, 6.45) is 0.0965. The second-order valence-electron chi connectivity index (χ2n) is 4.70. The topological polar surface area (TPSA) is 22.1 Å². The predicted octanol–water partition coefficient (Wildman–Crippen LogP) is 5.31. The molecule has 0 bridgehead atoms. The molecule has 1 aromatic carbocycles. The number of aromatic nitrogens is 1. The monoisotopic (exact) mass is 339 g/mol. The van der Waals surface area contributed by atoms with E-state index in [1.165, 1.54) is 0 Å². The van der Waals surface area contributed by atoms with Crippen LogP contribution in [-0.2, 0) is 4.74 Å². The van der Waals surface area contributed by atoms with E-state index in [-0.39, 0.29) is 6.10 Å². The van der Waals surface area contributed by atoms with Crippen LogP contribution in [0.1, 0.15) is 31.9 Å². The van der Waals surface area contributed by atoms with Crippen molar-refractivity contribution in [2.75, 3.05) is 6.61 Å². The molecule has 0 N–H and O–H groups in total. The predicted molar refractivity (Wildman–Crippen MR) is 84.5 cm³/mol. The summed E-state index contributed by atoms with van der Waals surface area (Å²) in [6.45, 7) is 7.08. The Balaban J connectivity index is 2.24. The quantitative estimate of drug-likeness (QED) is 0.736. The number of thiazole rings is 1. The summed E-state index contributed by atoms with van der Waals surface area (Å²) in [7, 11) is 0. The fraction of sp³-hybridized carbons (Fsp3) is 0.400. The smallest absolute Gasteiger partial charge is 0.122 e. The number of hydrogen-bond donors (Lipinski definition) is 0. The molecule has 0 fully saturated rings. The van der Waals surface area contributed by atoms with Crippen LogP contribution in [0.25, 0.3) is 11.3 Å². The van der Waals surface area contributed by atoms with Gasteiger partial charge in [0.05, 0.1) is 5.69 Å². The van der Waals surface area contributed by atoms with Crippen molar-refractivity contribution in [1.82, 2.24) is 4.98 Å². The van der Waals surface area contributed by atoms with E-state index in [1.54, 1.807) is 11.3 Å². The van der Waals surface area contributed by atoms with Crippen molar-refractivity contribution in [3.63, 3.8) is 0 Å². The average Bonchev–Trinajstić information content (AvgIpc) is 2.85. The molecule has 0 aliphatic rings. The third kappa shape index (κ3) is 3.65. The Morgan fingerprint density at radius 2 is 1.95 bits per heavy atom. The normalized spacial score (nSPS) is 12.9. The largest absolute Gasteiger partial charge is 0.371 e. The summed E-state index contributed by atoms with van der Waals surface area (Å²) in [5.74, 6) is 0.434. The van der Waals surface area contributed by atoms with E-state index in [9.17, 15) is 0 Å². The highest BCUT2D eigenvalue weighted by Crippen LogP contribution is 2.31. The van der Waals surface area contributed by atoms with Gasteiger partial charge in [0.25, 0.3) is 0 Å². The van der Waals surface area contributed by atoms with Gasteiger partial charge in [-0.25, -0.2) is 4.98 Å². The molecule has 1 unspecified atom stereocenters. The van der Waals surface area contributed by atoms with Crippen LogP contribution in [0.15, 0.2) is 34.1 Å². The lowest BCUT2D eigenvalue weighted by Crippen LogP contribution is -2.10. The zero-order chi connectivity index (χ0) is 13.8. The summed E-state index contributed by atoms with van der Waals surface area (Å²) in [5.41, 5.74) is 2.17. The SMILES string of the molecule is CCOC(c1nc(-c2ccc(Br)cc2)cs1)C(C)C. The van der Waals surface area contributed by atoms with Crippen LogP contribution >= 0.6 is 27.3 Å². The van der Waals surface area contributed by atoms with E-state index >= 15 is 0 Å². The number of nitrogens with zero attached hydrogens (tertiary/aromatic N) is 1. The van der Waals surface area contributed by atoms with Gasteiger partial charge >= 0.3 is 0 Å². The van der Waals surface area contributed by atoms with Crippen molar-refractivity contribution in [2.24, 2.45) is 5.92 Å². The molecule has 0 amide bonds. The Labute approximate surface area is 127 Å². The molecule has 0 aliphatic heterocycles. The molecule has 19 heavy (non-hydrogen) atoms. The van der Waals surface area contributed by atoms with Crippen LogP contribution in [0.3, 0.4) is 0 Å². The first-order valence-electron chi connectivity index (χ1n) is 6.44. The maximum atomic E-state index is 5.80. The van der Waals surface area contributed by atoms with Crippen molar-refractivity contribution in [3.05, 3.63) is 39.1 Å². The molecule has 1 aromatic heterocycles. The van der Waals surface area contributed by atoms with Crippen LogP contribution in [-0.4, -0.2) is 11.6 Å². The van der Waals surface area contributed by atoms with E-state index in [2.05, 4.69) is 47.3 Å². The highest BCUT2D eigenvalue weighted by Gasteiger charge is 2.19. The van der Waals surface area contributed by atoms with Gasteiger partial charge in [0, 0.05) is 22.0 Å². The first-order chi connectivity index (χ1) is 9.11. The van der Waals surface area contributed by atoms with E-state index in [0.717, 1.165) is 27.3 Å². The lowest BCUT2D eigenvalue weighted by atomic mass is 10.1. The molecule has 1 atom stereocenters. The van der Waals surface area contributed by atoms with Gasteiger partial charge in [-0.15, -0.1) is 11.3 Å². The first-order valence-corrected chi connectivity index (χ1v) is 8.12. The van der Waals surface area contributed by atoms with Gasteiger partial charge in [-0.05, 0) is 25.0 Å². The molecule has 1 heterocycles. The molecular weight excluding hydrogens is 322 g/mol. The van der Waals surface area contributed by atoms with Crippen molar-refractivity contribution < 1.29 is 4.74 Å². The highest BCUT2D eigenvalue weighted by molar-refractivity contribution is 9.10.